The van der Waals surface area contributed by atoms with Gasteiger partial charge < -0.3 is 10.4 Å². The molecule has 5 rings (SSSR count). The summed E-state index contributed by atoms with van der Waals surface area (Å²) in [5, 5.41) is 22.1. The number of anilines is 2. The zero-order valence-corrected chi connectivity index (χ0v) is 17.2. The first-order valence-electron chi connectivity index (χ1n) is 9.22. The van der Waals surface area contributed by atoms with Gasteiger partial charge in [-0.15, -0.1) is 0 Å². The first kappa shape index (κ1) is 21.2. The fourth-order valence-corrected chi connectivity index (χ4v) is 3.10. The Bertz CT molecular complexity index is 1510. The molecule has 10 nitrogen and oxygen atoms in total. The highest BCUT2D eigenvalue weighted by Crippen LogP contribution is 2.29. The molecule has 0 aliphatic carbocycles. The van der Waals surface area contributed by atoms with Crippen LogP contribution in [0.5, 0.6) is 5.75 Å². The summed E-state index contributed by atoms with van der Waals surface area (Å²) in [6.07, 6.45) is 1.79. The molecule has 0 aliphatic heterocycles. The van der Waals surface area contributed by atoms with E-state index >= 15 is 0 Å². The van der Waals surface area contributed by atoms with Gasteiger partial charge in [0.2, 0.25) is 0 Å². The first-order valence-corrected chi connectivity index (χ1v) is 10.6. The molecule has 0 bridgehead atoms. The lowest BCUT2D eigenvalue weighted by Crippen LogP contribution is -1.99. The third-order valence-corrected chi connectivity index (χ3v) is 4.41. The normalized spacial score (nSPS) is 11.2. The maximum absolute atomic E-state index is 9.79. The average Bonchev–Trinajstić information content (AvgIpc) is 3.20. The van der Waals surface area contributed by atoms with Crippen LogP contribution < -0.4 is 5.32 Å². The van der Waals surface area contributed by atoms with Gasteiger partial charge in [-0.1, -0.05) is 24.3 Å². The van der Waals surface area contributed by atoms with Crippen molar-refractivity contribution in [3.63, 3.8) is 0 Å². The minimum atomic E-state index is -4.67. The molecule has 0 amide bonds. The average molecular weight is 451 g/mol. The number of para-hydroxylation sites is 1. The molecular weight excluding hydrogens is 434 g/mol. The Labute approximate surface area is 182 Å². The van der Waals surface area contributed by atoms with Gasteiger partial charge >= 0.3 is 10.4 Å². The highest BCUT2D eigenvalue weighted by atomic mass is 32.3. The van der Waals surface area contributed by atoms with Crippen LogP contribution in [0.4, 0.5) is 11.5 Å². The Hall–Kier alpha value is -4.06. The topological polar surface area (TPSA) is 161 Å². The van der Waals surface area contributed by atoms with E-state index in [9.17, 15) is 5.11 Å². The van der Waals surface area contributed by atoms with E-state index in [1.807, 2.05) is 48.5 Å². The number of hydrogen-bond acceptors (Lipinski definition) is 7. The Morgan fingerprint density at radius 3 is 2.47 bits per heavy atom. The van der Waals surface area contributed by atoms with E-state index in [2.05, 4.69) is 20.5 Å². The van der Waals surface area contributed by atoms with Crippen molar-refractivity contribution in [3.8, 4) is 17.1 Å². The molecule has 162 valence electrons. The van der Waals surface area contributed by atoms with E-state index in [1.54, 1.807) is 24.4 Å². The van der Waals surface area contributed by atoms with E-state index < -0.39 is 10.4 Å². The molecule has 0 unspecified atom stereocenters. The summed E-state index contributed by atoms with van der Waals surface area (Å²) in [6.45, 7) is 0. The zero-order valence-electron chi connectivity index (χ0n) is 16.3. The maximum atomic E-state index is 9.79. The van der Waals surface area contributed by atoms with Crippen molar-refractivity contribution < 1.29 is 22.6 Å². The molecule has 2 aromatic heterocycles. The predicted molar refractivity (Wildman–Crippen MR) is 120 cm³/mol. The van der Waals surface area contributed by atoms with Gasteiger partial charge in [-0.05, 0) is 42.5 Å². The van der Waals surface area contributed by atoms with Crippen molar-refractivity contribution in [2.24, 2.45) is 0 Å². The van der Waals surface area contributed by atoms with Crippen LogP contribution in [0, 0.1) is 0 Å². The van der Waals surface area contributed by atoms with Gasteiger partial charge in [-0.2, -0.15) is 13.5 Å². The number of phenolic OH excluding ortho intramolecular Hbond substituents is 1. The molecule has 32 heavy (non-hydrogen) atoms. The molecule has 0 atom stereocenters. The molecule has 0 saturated heterocycles. The van der Waals surface area contributed by atoms with Crippen molar-refractivity contribution in [2.45, 2.75) is 0 Å². The van der Waals surface area contributed by atoms with E-state index in [4.69, 9.17) is 22.5 Å². The Morgan fingerprint density at radius 1 is 0.906 bits per heavy atom. The van der Waals surface area contributed by atoms with Gasteiger partial charge in [-0.3, -0.25) is 14.2 Å². The number of phenols is 1. The summed E-state index contributed by atoms with van der Waals surface area (Å²) >= 11 is 0. The van der Waals surface area contributed by atoms with Gasteiger partial charge in [-0.25, -0.2) is 9.97 Å². The number of nitrogens with one attached hydrogen (secondary N) is 2. The van der Waals surface area contributed by atoms with Crippen molar-refractivity contribution >= 4 is 43.7 Å². The molecule has 0 aliphatic rings. The lowest BCUT2D eigenvalue weighted by Gasteiger charge is -2.11. The fraction of sp³-hybridized carbons (Fsp3) is 0. The van der Waals surface area contributed by atoms with Crippen LogP contribution in [0.25, 0.3) is 33.2 Å². The molecule has 11 heteroatoms. The monoisotopic (exact) mass is 451 g/mol. The lowest BCUT2D eigenvalue weighted by molar-refractivity contribution is 0.381. The fourth-order valence-electron chi connectivity index (χ4n) is 3.10. The van der Waals surface area contributed by atoms with Crippen LogP contribution in [0.3, 0.4) is 0 Å². The largest absolute Gasteiger partial charge is 0.508 e. The number of nitrogens with zero attached hydrogens (tertiary/aromatic N) is 3. The van der Waals surface area contributed by atoms with Crippen LogP contribution in [0.2, 0.25) is 0 Å². The highest BCUT2D eigenvalue weighted by Gasteiger charge is 2.10. The molecule has 5 aromatic rings. The second-order valence-corrected chi connectivity index (χ2v) is 7.60. The second kappa shape index (κ2) is 8.59. The number of aromatic hydroxyl groups is 1. The van der Waals surface area contributed by atoms with Crippen molar-refractivity contribution in [3.05, 3.63) is 72.9 Å². The van der Waals surface area contributed by atoms with Crippen LogP contribution in [-0.2, 0) is 10.4 Å². The second-order valence-electron chi connectivity index (χ2n) is 6.71. The number of fused-ring (bicyclic) bond motifs is 2. The van der Waals surface area contributed by atoms with Gasteiger partial charge in [0.15, 0.2) is 5.82 Å². The molecule has 0 spiro atoms. The standard InChI is InChI=1S/C21H15N5O.H2O4S/c27-16-5-3-4-13(11-16)20-24-19-7-2-1-6-17(19)21(25-20)23-15-8-9-18-14(10-15)12-22-26-18;1-5(2,3)4/h1-12,27H,(H,22,26)(H,23,24,25);(H2,1,2,3,4). The number of hydrogen-bond donors (Lipinski definition) is 5. The summed E-state index contributed by atoms with van der Waals surface area (Å²) in [7, 11) is -4.67. The van der Waals surface area contributed by atoms with Crippen molar-refractivity contribution in [2.75, 3.05) is 5.32 Å². The highest BCUT2D eigenvalue weighted by molar-refractivity contribution is 7.79. The van der Waals surface area contributed by atoms with Crippen LogP contribution in [0.15, 0.2) is 72.9 Å². The van der Waals surface area contributed by atoms with E-state index in [0.717, 1.165) is 33.1 Å². The minimum Gasteiger partial charge on any atom is -0.508 e. The van der Waals surface area contributed by atoms with Gasteiger partial charge in [0.25, 0.3) is 0 Å². The Kier molecular flexibility index (Phi) is 5.69. The summed E-state index contributed by atoms with van der Waals surface area (Å²) in [5.74, 6) is 1.45. The third kappa shape index (κ3) is 5.16. The van der Waals surface area contributed by atoms with Crippen LogP contribution in [-0.4, -0.2) is 42.8 Å². The molecule has 2 heterocycles. The zero-order chi connectivity index (χ0) is 22.7. The molecule has 0 saturated carbocycles. The SMILES string of the molecule is O=S(=O)(O)O.Oc1cccc(-c2nc(Nc3ccc4[nH]ncc4c3)c3ccccc3n2)c1. The molecule has 0 fully saturated rings. The molecule has 5 N–H and O–H groups in total. The molecule has 0 radical (unpaired) electrons. The van der Waals surface area contributed by atoms with E-state index in [0.29, 0.717) is 11.6 Å². The Balaban J connectivity index is 0.000000444. The molecular formula is C21H17N5O5S. The van der Waals surface area contributed by atoms with Gasteiger partial charge in [0.1, 0.15) is 11.6 Å². The summed E-state index contributed by atoms with van der Waals surface area (Å²) in [5.41, 5.74) is 3.48. The third-order valence-electron chi connectivity index (χ3n) is 4.41. The minimum absolute atomic E-state index is 0.184. The number of rotatable bonds is 3. The molecule has 3 aromatic carbocycles. The smallest absolute Gasteiger partial charge is 0.394 e. The summed E-state index contributed by atoms with van der Waals surface area (Å²) in [4.78, 5) is 9.37. The first-order chi connectivity index (χ1) is 15.3. The number of aromatic nitrogens is 4. The number of aromatic amines is 1. The van der Waals surface area contributed by atoms with Gasteiger partial charge in [0.05, 0.1) is 17.2 Å². The van der Waals surface area contributed by atoms with Crippen LogP contribution >= 0.6 is 0 Å². The predicted octanol–water partition coefficient (Wildman–Crippen LogP) is 3.97. The lowest BCUT2D eigenvalue weighted by atomic mass is 10.1. The Morgan fingerprint density at radius 2 is 1.69 bits per heavy atom. The van der Waals surface area contributed by atoms with Gasteiger partial charge in [0, 0.05) is 22.0 Å². The van der Waals surface area contributed by atoms with Crippen molar-refractivity contribution in [1.29, 1.82) is 0 Å². The van der Waals surface area contributed by atoms with E-state index in [-0.39, 0.29) is 5.75 Å². The summed E-state index contributed by atoms with van der Waals surface area (Å²) in [6, 6.07) is 20.8. The number of benzene rings is 3. The van der Waals surface area contributed by atoms with Crippen molar-refractivity contribution in [1.82, 2.24) is 20.2 Å². The number of H-pyrrole nitrogens is 1. The quantitative estimate of drug-likeness (QED) is 0.256. The van der Waals surface area contributed by atoms with Crippen LogP contribution in [0.1, 0.15) is 0 Å². The van der Waals surface area contributed by atoms with E-state index in [1.165, 1.54) is 0 Å². The summed E-state index contributed by atoms with van der Waals surface area (Å²) < 4.78 is 31.6. The maximum Gasteiger partial charge on any atom is 0.394 e.